The molecule has 1 aromatic heterocycles. The highest BCUT2D eigenvalue weighted by atomic mass is 127. The zero-order valence-corrected chi connectivity index (χ0v) is 18.2. The molecule has 1 aromatic rings. The maximum absolute atomic E-state index is 10.6. The first-order valence-electron chi connectivity index (χ1n) is 8.37. The molecule has 138 valence electrons. The van der Waals surface area contributed by atoms with Crippen molar-refractivity contribution in [1.82, 2.24) is 15.5 Å². The van der Waals surface area contributed by atoms with E-state index in [4.69, 9.17) is 0 Å². The molecule has 3 N–H and O–H groups in total. The van der Waals surface area contributed by atoms with Gasteiger partial charge in [0.1, 0.15) is 5.60 Å². The van der Waals surface area contributed by atoms with E-state index < -0.39 is 5.60 Å². The maximum atomic E-state index is 10.6. The van der Waals surface area contributed by atoms with Crippen molar-refractivity contribution in [2.75, 3.05) is 33.7 Å². The Bertz CT molecular complexity index is 499. The van der Waals surface area contributed by atoms with Crippen molar-refractivity contribution >= 4 is 41.3 Å². The molecule has 24 heavy (non-hydrogen) atoms. The predicted octanol–water partition coefficient (Wildman–Crippen LogP) is 2.47. The van der Waals surface area contributed by atoms with E-state index in [1.807, 2.05) is 23.8 Å². The Hall–Kier alpha value is -0.380. The maximum Gasteiger partial charge on any atom is 0.191 e. The number of thiophene rings is 1. The molecule has 1 fully saturated rings. The van der Waals surface area contributed by atoms with Gasteiger partial charge in [0.05, 0.1) is 6.54 Å². The summed E-state index contributed by atoms with van der Waals surface area (Å²) < 4.78 is 0. The molecule has 1 aliphatic carbocycles. The third-order valence-corrected chi connectivity index (χ3v) is 5.02. The minimum absolute atomic E-state index is 0. The van der Waals surface area contributed by atoms with Crippen LogP contribution in [0.2, 0.25) is 0 Å². The average Bonchev–Trinajstić information content (AvgIpc) is 3.15. The van der Waals surface area contributed by atoms with E-state index in [1.54, 1.807) is 11.3 Å². The van der Waals surface area contributed by atoms with Crippen molar-refractivity contribution in [1.29, 1.82) is 0 Å². The van der Waals surface area contributed by atoms with E-state index in [2.05, 4.69) is 41.5 Å². The first kappa shape index (κ1) is 21.7. The van der Waals surface area contributed by atoms with E-state index in [-0.39, 0.29) is 24.0 Å². The summed E-state index contributed by atoms with van der Waals surface area (Å²) in [5, 5.41) is 21.2. The molecule has 2 atom stereocenters. The number of rotatable bonds is 8. The molecule has 0 amide bonds. The molecule has 2 rings (SSSR count). The van der Waals surface area contributed by atoms with Crippen LogP contribution < -0.4 is 10.6 Å². The zero-order chi connectivity index (χ0) is 16.9. The van der Waals surface area contributed by atoms with Crippen LogP contribution in [-0.4, -0.2) is 55.7 Å². The Morgan fingerprint density at radius 2 is 2.17 bits per heavy atom. The Kier molecular flexibility index (Phi) is 8.97. The normalized spacial score (nSPS) is 18.7. The third kappa shape index (κ3) is 6.50. The highest BCUT2D eigenvalue weighted by molar-refractivity contribution is 14.0. The molecule has 0 radical (unpaired) electrons. The van der Waals surface area contributed by atoms with Crippen molar-refractivity contribution in [3.8, 4) is 0 Å². The lowest BCUT2D eigenvalue weighted by Gasteiger charge is -2.26. The molecular formula is C17H31IN4OS. The van der Waals surface area contributed by atoms with Crippen LogP contribution in [0.4, 0.5) is 0 Å². The van der Waals surface area contributed by atoms with Crippen LogP contribution in [0.5, 0.6) is 0 Å². The molecule has 0 bridgehead atoms. The molecule has 0 spiro atoms. The summed E-state index contributed by atoms with van der Waals surface area (Å²) in [6.45, 7) is 5.90. The first-order valence-corrected chi connectivity index (χ1v) is 9.32. The Morgan fingerprint density at radius 1 is 1.46 bits per heavy atom. The zero-order valence-electron chi connectivity index (χ0n) is 15.1. The van der Waals surface area contributed by atoms with Gasteiger partial charge in [-0.25, -0.2) is 4.99 Å². The molecule has 0 aliphatic heterocycles. The number of likely N-dealkylation sites (N-methyl/N-ethyl adjacent to an activating group) is 1. The molecule has 1 aliphatic rings. The van der Waals surface area contributed by atoms with E-state index in [0.717, 1.165) is 30.5 Å². The van der Waals surface area contributed by atoms with Crippen LogP contribution in [0.1, 0.15) is 32.3 Å². The Labute approximate surface area is 167 Å². The molecule has 5 nitrogen and oxygen atoms in total. The number of nitrogens with one attached hydrogen (secondary N) is 2. The summed E-state index contributed by atoms with van der Waals surface area (Å²) >= 11 is 1.59. The number of aliphatic imine (C=N–C) groups is 1. The van der Waals surface area contributed by atoms with Gasteiger partial charge < -0.3 is 20.6 Å². The summed E-state index contributed by atoms with van der Waals surface area (Å²) in [5.74, 6) is 1.57. The third-order valence-electron chi connectivity index (χ3n) is 4.34. The fraction of sp³-hybridized carbons (Fsp3) is 0.706. The monoisotopic (exact) mass is 466 g/mol. The fourth-order valence-electron chi connectivity index (χ4n) is 2.69. The van der Waals surface area contributed by atoms with Gasteiger partial charge in [-0.15, -0.1) is 24.0 Å². The Balaban J connectivity index is 0.00000288. The van der Waals surface area contributed by atoms with Crippen LogP contribution >= 0.6 is 35.3 Å². The van der Waals surface area contributed by atoms with Crippen molar-refractivity contribution in [3.63, 3.8) is 0 Å². The lowest BCUT2D eigenvalue weighted by Crippen LogP contribution is -2.46. The first-order chi connectivity index (χ1) is 10.9. The van der Waals surface area contributed by atoms with Gasteiger partial charge in [-0.05, 0) is 69.1 Å². The van der Waals surface area contributed by atoms with Gasteiger partial charge in [0.15, 0.2) is 5.96 Å². The summed E-state index contributed by atoms with van der Waals surface area (Å²) in [7, 11) is 4.27. The van der Waals surface area contributed by atoms with Crippen LogP contribution in [0.25, 0.3) is 0 Å². The van der Waals surface area contributed by atoms with Gasteiger partial charge in [-0.1, -0.05) is 0 Å². The second-order valence-electron chi connectivity index (χ2n) is 6.73. The smallest absolute Gasteiger partial charge is 0.191 e. The van der Waals surface area contributed by atoms with Gasteiger partial charge in [0, 0.05) is 19.1 Å². The number of hydrogen-bond donors (Lipinski definition) is 3. The predicted molar refractivity (Wildman–Crippen MR) is 113 cm³/mol. The topological polar surface area (TPSA) is 59.9 Å². The minimum atomic E-state index is -0.931. The number of nitrogens with zero attached hydrogens (tertiary/aromatic N) is 2. The van der Waals surface area contributed by atoms with Crippen LogP contribution in [0.15, 0.2) is 21.8 Å². The molecular weight excluding hydrogens is 435 g/mol. The average molecular weight is 466 g/mol. The van der Waals surface area contributed by atoms with E-state index in [1.165, 1.54) is 12.8 Å². The van der Waals surface area contributed by atoms with Crippen LogP contribution in [0, 0.1) is 5.92 Å². The number of aliphatic hydroxyl groups is 1. The lowest BCUT2D eigenvalue weighted by molar-refractivity contribution is 0.0677. The Morgan fingerprint density at radius 3 is 2.67 bits per heavy atom. The van der Waals surface area contributed by atoms with Gasteiger partial charge in [-0.3, -0.25) is 0 Å². The number of hydrogen-bond acceptors (Lipinski definition) is 4. The molecule has 2 unspecified atom stereocenters. The number of guanidine groups is 1. The second-order valence-corrected chi connectivity index (χ2v) is 7.51. The summed E-state index contributed by atoms with van der Waals surface area (Å²) in [5.41, 5.74) is -0.00831. The largest absolute Gasteiger partial charge is 0.383 e. The fourth-order valence-corrected chi connectivity index (χ4v) is 3.47. The molecule has 1 heterocycles. The summed E-state index contributed by atoms with van der Waals surface area (Å²) in [6.07, 6.45) is 2.65. The summed E-state index contributed by atoms with van der Waals surface area (Å²) in [4.78, 5) is 6.87. The van der Waals surface area contributed by atoms with Gasteiger partial charge in [0.2, 0.25) is 0 Å². The lowest BCUT2D eigenvalue weighted by atomic mass is 10.00. The highest BCUT2D eigenvalue weighted by Gasteiger charge is 2.32. The van der Waals surface area contributed by atoms with Gasteiger partial charge in [-0.2, -0.15) is 11.3 Å². The molecule has 0 aromatic carbocycles. The second kappa shape index (κ2) is 9.94. The van der Waals surface area contributed by atoms with Crippen LogP contribution in [0.3, 0.4) is 0 Å². The van der Waals surface area contributed by atoms with Crippen molar-refractivity contribution in [2.45, 2.75) is 38.3 Å². The van der Waals surface area contributed by atoms with E-state index >= 15 is 0 Å². The van der Waals surface area contributed by atoms with E-state index in [0.29, 0.717) is 12.6 Å². The van der Waals surface area contributed by atoms with Gasteiger partial charge in [0.25, 0.3) is 0 Å². The molecule has 7 heteroatoms. The van der Waals surface area contributed by atoms with Gasteiger partial charge >= 0.3 is 0 Å². The minimum Gasteiger partial charge on any atom is -0.383 e. The number of halogens is 1. The van der Waals surface area contributed by atoms with Crippen molar-refractivity contribution in [2.24, 2.45) is 10.9 Å². The molecule has 0 saturated heterocycles. The summed E-state index contributed by atoms with van der Waals surface area (Å²) in [6, 6.07) is 2.49. The molecule has 1 saturated carbocycles. The van der Waals surface area contributed by atoms with Crippen LogP contribution in [-0.2, 0) is 5.60 Å². The standard InChI is InChI=1S/C17H30N4OS.HI/c1-5-18-16(19-10-15(21(3)4)13-6-7-13)20-12-17(2,22)14-8-9-23-11-14;/h8-9,11,13,15,22H,5-7,10,12H2,1-4H3,(H2,18,19,20);1H. The van der Waals surface area contributed by atoms with Crippen molar-refractivity contribution in [3.05, 3.63) is 22.4 Å². The quantitative estimate of drug-likeness (QED) is 0.313. The highest BCUT2D eigenvalue weighted by Crippen LogP contribution is 2.34. The van der Waals surface area contributed by atoms with Crippen molar-refractivity contribution < 1.29 is 5.11 Å². The van der Waals surface area contributed by atoms with E-state index in [9.17, 15) is 5.11 Å². The SMILES string of the molecule is CCNC(=NCC(C)(O)c1ccsc1)NCC(C1CC1)N(C)C.I.